The van der Waals surface area contributed by atoms with Crippen LogP contribution in [0.3, 0.4) is 0 Å². The van der Waals surface area contributed by atoms with Crippen LogP contribution in [0.4, 0.5) is 0 Å². The fourth-order valence-electron chi connectivity index (χ4n) is 1.99. The van der Waals surface area contributed by atoms with Crippen molar-refractivity contribution in [3.05, 3.63) is 0 Å². The quantitative estimate of drug-likeness (QED) is 0.620. The van der Waals surface area contributed by atoms with Crippen molar-refractivity contribution in [1.29, 1.82) is 0 Å². The highest BCUT2D eigenvalue weighted by molar-refractivity contribution is 5.73. The zero-order chi connectivity index (χ0) is 10.6. The Bertz CT molecular complexity index is 197. The molecule has 0 aromatic heterocycles. The Morgan fingerprint density at radius 1 is 1.57 bits per heavy atom. The highest BCUT2D eigenvalue weighted by atomic mass is 16.4. The van der Waals surface area contributed by atoms with E-state index >= 15 is 0 Å². The van der Waals surface area contributed by atoms with E-state index in [1.165, 1.54) is 19.3 Å². The van der Waals surface area contributed by atoms with Crippen molar-refractivity contribution < 1.29 is 9.90 Å². The van der Waals surface area contributed by atoms with Gasteiger partial charge in [-0.1, -0.05) is 19.8 Å². The standard InChI is InChI=1S/C10H20N2O2/c1-7-4-2-3-5-9(7)12-6-8(11)10(13)14/h7-9,12H,2-6,11H2,1H3,(H,13,14). The third-order valence-electron chi connectivity index (χ3n) is 3.03. The first-order valence-electron chi connectivity index (χ1n) is 5.33. The summed E-state index contributed by atoms with van der Waals surface area (Å²) < 4.78 is 0. The number of hydrogen-bond acceptors (Lipinski definition) is 3. The number of nitrogens with two attached hydrogens (primary N) is 1. The summed E-state index contributed by atoms with van der Waals surface area (Å²) in [4.78, 5) is 10.5. The average molecular weight is 200 g/mol. The van der Waals surface area contributed by atoms with E-state index < -0.39 is 12.0 Å². The Morgan fingerprint density at radius 3 is 2.79 bits per heavy atom. The van der Waals surface area contributed by atoms with Crippen LogP contribution in [0.5, 0.6) is 0 Å². The highest BCUT2D eigenvalue weighted by Crippen LogP contribution is 2.23. The predicted octanol–water partition coefficient (Wildman–Crippen LogP) is 0.567. The molecule has 0 spiro atoms. The molecule has 4 nitrogen and oxygen atoms in total. The fourth-order valence-corrected chi connectivity index (χ4v) is 1.99. The molecule has 1 aliphatic rings. The summed E-state index contributed by atoms with van der Waals surface area (Å²) >= 11 is 0. The second-order valence-electron chi connectivity index (χ2n) is 4.22. The summed E-state index contributed by atoms with van der Waals surface area (Å²) in [6, 6.07) is -0.321. The molecule has 0 aromatic carbocycles. The monoisotopic (exact) mass is 200 g/mol. The first kappa shape index (κ1) is 11.5. The lowest BCUT2D eigenvalue weighted by Gasteiger charge is -2.30. The number of carboxylic acid groups (broad SMARTS) is 1. The van der Waals surface area contributed by atoms with Gasteiger partial charge >= 0.3 is 5.97 Å². The van der Waals surface area contributed by atoms with E-state index in [4.69, 9.17) is 10.8 Å². The Morgan fingerprint density at radius 2 is 2.21 bits per heavy atom. The normalized spacial score (nSPS) is 29.9. The van der Waals surface area contributed by atoms with Gasteiger partial charge in [-0.2, -0.15) is 0 Å². The molecule has 0 saturated heterocycles. The van der Waals surface area contributed by atoms with Crippen molar-refractivity contribution in [3.8, 4) is 0 Å². The van der Waals surface area contributed by atoms with Crippen molar-refractivity contribution in [2.75, 3.05) is 6.54 Å². The van der Waals surface area contributed by atoms with Crippen molar-refractivity contribution in [2.45, 2.75) is 44.7 Å². The van der Waals surface area contributed by atoms with Crippen LogP contribution < -0.4 is 11.1 Å². The van der Waals surface area contributed by atoms with Crippen LogP contribution in [-0.4, -0.2) is 29.7 Å². The molecule has 1 aliphatic carbocycles. The van der Waals surface area contributed by atoms with Gasteiger partial charge in [0, 0.05) is 12.6 Å². The van der Waals surface area contributed by atoms with E-state index in [9.17, 15) is 4.79 Å². The van der Waals surface area contributed by atoms with Crippen molar-refractivity contribution in [3.63, 3.8) is 0 Å². The van der Waals surface area contributed by atoms with E-state index in [-0.39, 0.29) is 0 Å². The molecule has 0 heterocycles. The van der Waals surface area contributed by atoms with Gasteiger partial charge in [0.2, 0.25) is 0 Å². The lowest BCUT2D eigenvalue weighted by atomic mass is 9.86. The van der Waals surface area contributed by atoms with Crippen LogP contribution in [-0.2, 0) is 4.79 Å². The molecule has 0 radical (unpaired) electrons. The topological polar surface area (TPSA) is 75.3 Å². The molecule has 1 rings (SSSR count). The Hall–Kier alpha value is -0.610. The lowest BCUT2D eigenvalue weighted by Crippen LogP contribution is -2.46. The van der Waals surface area contributed by atoms with Gasteiger partial charge in [-0.3, -0.25) is 4.79 Å². The Kier molecular flexibility index (Phi) is 4.35. The predicted molar refractivity (Wildman–Crippen MR) is 55.0 cm³/mol. The molecule has 1 saturated carbocycles. The molecule has 14 heavy (non-hydrogen) atoms. The van der Waals surface area contributed by atoms with Crippen LogP contribution in [0.25, 0.3) is 0 Å². The van der Waals surface area contributed by atoms with Crippen LogP contribution in [0, 0.1) is 5.92 Å². The molecule has 0 aromatic rings. The van der Waals surface area contributed by atoms with Gasteiger partial charge < -0.3 is 16.2 Å². The minimum Gasteiger partial charge on any atom is -0.480 e. The van der Waals surface area contributed by atoms with Gasteiger partial charge in [-0.25, -0.2) is 0 Å². The smallest absolute Gasteiger partial charge is 0.321 e. The molecular formula is C10H20N2O2. The highest BCUT2D eigenvalue weighted by Gasteiger charge is 2.22. The van der Waals surface area contributed by atoms with E-state index in [2.05, 4.69) is 12.2 Å². The summed E-state index contributed by atoms with van der Waals surface area (Å²) in [5, 5.41) is 11.9. The van der Waals surface area contributed by atoms with Gasteiger partial charge in [0.05, 0.1) is 0 Å². The summed E-state index contributed by atoms with van der Waals surface area (Å²) in [6.07, 6.45) is 4.92. The maximum Gasteiger partial charge on any atom is 0.321 e. The van der Waals surface area contributed by atoms with E-state index in [1.807, 2.05) is 0 Å². The van der Waals surface area contributed by atoms with Crippen LogP contribution in [0.15, 0.2) is 0 Å². The molecule has 1 fully saturated rings. The maximum atomic E-state index is 10.5. The van der Waals surface area contributed by atoms with Gasteiger partial charge in [0.25, 0.3) is 0 Å². The number of aliphatic carboxylic acids is 1. The van der Waals surface area contributed by atoms with E-state index in [1.54, 1.807) is 0 Å². The Labute approximate surface area is 84.9 Å². The molecule has 0 amide bonds. The third kappa shape index (κ3) is 3.27. The van der Waals surface area contributed by atoms with E-state index in [0.29, 0.717) is 18.5 Å². The first-order valence-corrected chi connectivity index (χ1v) is 5.33. The van der Waals surface area contributed by atoms with Crippen molar-refractivity contribution >= 4 is 5.97 Å². The molecule has 4 heteroatoms. The minimum atomic E-state index is -0.930. The van der Waals surface area contributed by atoms with Gasteiger partial charge in [-0.15, -0.1) is 0 Å². The number of rotatable bonds is 4. The van der Waals surface area contributed by atoms with Gasteiger partial charge in [0.15, 0.2) is 0 Å². The second-order valence-corrected chi connectivity index (χ2v) is 4.22. The van der Waals surface area contributed by atoms with Crippen LogP contribution >= 0.6 is 0 Å². The SMILES string of the molecule is CC1CCCCC1NCC(N)C(=O)O. The van der Waals surface area contributed by atoms with Crippen molar-refractivity contribution in [1.82, 2.24) is 5.32 Å². The van der Waals surface area contributed by atoms with E-state index in [0.717, 1.165) is 6.42 Å². The number of carboxylic acids is 1. The fraction of sp³-hybridized carbons (Fsp3) is 0.900. The largest absolute Gasteiger partial charge is 0.480 e. The number of nitrogens with one attached hydrogen (secondary N) is 1. The first-order chi connectivity index (χ1) is 6.61. The summed E-state index contributed by atoms with van der Waals surface area (Å²) in [5.41, 5.74) is 5.42. The zero-order valence-electron chi connectivity index (χ0n) is 8.70. The Balaban J connectivity index is 2.25. The number of hydrogen-bond donors (Lipinski definition) is 3. The molecule has 3 atom stereocenters. The van der Waals surface area contributed by atoms with Crippen LogP contribution in [0.1, 0.15) is 32.6 Å². The van der Waals surface area contributed by atoms with Gasteiger partial charge in [-0.05, 0) is 18.8 Å². The number of carbonyl (C=O) groups is 1. The molecule has 0 bridgehead atoms. The third-order valence-corrected chi connectivity index (χ3v) is 3.03. The maximum absolute atomic E-state index is 10.5. The van der Waals surface area contributed by atoms with Crippen molar-refractivity contribution in [2.24, 2.45) is 11.7 Å². The molecular weight excluding hydrogens is 180 g/mol. The zero-order valence-corrected chi connectivity index (χ0v) is 8.70. The lowest BCUT2D eigenvalue weighted by molar-refractivity contribution is -0.138. The van der Waals surface area contributed by atoms with Crippen LogP contribution in [0.2, 0.25) is 0 Å². The molecule has 4 N–H and O–H groups in total. The molecule has 0 aliphatic heterocycles. The minimum absolute atomic E-state index is 0.379. The molecule has 3 unspecified atom stereocenters. The summed E-state index contributed by atoms with van der Waals surface area (Å²) in [5.74, 6) is -0.286. The van der Waals surface area contributed by atoms with Gasteiger partial charge in [0.1, 0.15) is 6.04 Å². The average Bonchev–Trinajstić information content (AvgIpc) is 2.16. The second kappa shape index (κ2) is 5.32. The summed E-state index contributed by atoms with van der Waals surface area (Å²) in [6.45, 7) is 2.59. The summed E-state index contributed by atoms with van der Waals surface area (Å²) in [7, 11) is 0. The molecule has 82 valence electrons.